The van der Waals surface area contributed by atoms with E-state index in [1.165, 1.54) is 44.5 Å². The fourth-order valence-electron chi connectivity index (χ4n) is 6.29. The first-order chi connectivity index (χ1) is 21.8. The van der Waals surface area contributed by atoms with Crippen LogP contribution < -0.4 is 5.46 Å². The van der Waals surface area contributed by atoms with Crippen LogP contribution in [-0.4, -0.2) is 18.3 Å². The Morgan fingerprint density at radius 2 is 0.756 bits per heavy atom. The molecule has 0 spiro atoms. The minimum absolute atomic E-state index is 0.416. The van der Waals surface area contributed by atoms with E-state index in [0.29, 0.717) is 0 Å². The largest absolute Gasteiger partial charge is 0.494 e. The monoisotopic (exact) mass is 584 g/mol. The lowest BCUT2D eigenvalue weighted by Gasteiger charge is -2.32. The zero-order chi connectivity index (χ0) is 31.0. The predicted octanol–water partition coefficient (Wildman–Crippen LogP) is 10.3. The summed E-state index contributed by atoms with van der Waals surface area (Å²) in [5.41, 5.74) is 12.0. The van der Waals surface area contributed by atoms with E-state index in [4.69, 9.17) is 9.31 Å². The van der Waals surface area contributed by atoms with Crippen LogP contribution in [0.2, 0.25) is 0 Å². The maximum Gasteiger partial charge on any atom is 0.494 e. The average molecular weight is 585 g/mol. The summed E-state index contributed by atoms with van der Waals surface area (Å²) in [7, 11) is -0.444. The van der Waals surface area contributed by atoms with Gasteiger partial charge in [-0.25, -0.2) is 0 Å². The molecule has 1 saturated heterocycles. The molecule has 3 heteroatoms. The van der Waals surface area contributed by atoms with E-state index in [9.17, 15) is 0 Å². The number of rotatable bonds is 6. The molecule has 0 atom stereocenters. The Morgan fingerprint density at radius 3 is 1.22 bits per heavy atom. The van der Waals surface area contributed by atoms with E-state index in [1.54, 1.807) is 0 Å². The first kappa shape index (κ1) is 29.0. The molecule has 0 aromatic heterocycles. The zero-order valence-corrected chi connectivity index (χ0v) is 26.3. The Bertz CT molecular complexity index is 1920. The lowest BCUT2D eigenvalue weighted by molar-refractivity contribution is 0.00578. The van der Waals surface area contributed by atoms with Crippen LogP contribution in [0, 0.1) is 0 Å². The third-order valence-corrected chi connectivity index (χ3v) is 9.32. The maximum atomic E-state index is 6.50. The molecule has 6 aromatic rings. The van der Waals surface area contributed by atoms with Gasteiger partial charge in [-0.2, -0.15) is 0 Å². The number of benzene rings is 6. The van der Waals surface area contributed by atoms with Crippen LogP contribution in [0.4, 0.5) is 0 Å². The summed E-state index contributed by atoms with van der Waals surface area (Å²) in [6.45, 7) is 8.41. The van der Waals surface area contributed by atoms with Crippen molar-refractivity contribution in [2.75, 3.05) is 0 Å². The van der Waals surface area contributed by atoms with Gasteiger partial charge in [-0.1, -0.05) is 146 Å². The number of hydrogen-bond donors (Lipinski definition) is 0. The Balaban J connectivity index is 1.57. The smallest absolute Gasteiger partial charge is 0.399 e. The lowest BCUT2D eigenvalue weighted by Crippen LogP contribution is -2.41. The highest BCUT2D eigenvalue weighted by Gasteiger charge is 2.51. The van der Waals surface area contributed by atoms with Crippen LogP contribution >= 0.6 is 0 Å². The van der Waals surface area contributed by atoms with E-state index in [2.05, 4.69) is 179 Å². The molecule has 7 rings (SSSR count). The van der Waals surface area contributed by atoms with Crippen molar-refractivity contribution in [2.24, 2.45) is 0 Å². The van der Waals surface area contributed by atoms with Crippen LogP contribution in [0.3, 0.4) is 0 Å². The molecule has 6 aromatic carbocycles. The Morgan fingerprint density at radius 1 is 0.378 bits per heavy atom. The highest BCUT2D eigenvalue weighted by atomic mass is 16.7. The van der Waals surface area contributed by atoms with Crippen molar-refractivity contribution in [3.05, 3.63) is 152 Å². The first-order valence-electron chi connectivity index (χ1n) is 15.7. The molecule has 0 aliphatic carbocycles. The van der Waals surface area contributed by atoms with Gasteiger partial charge in [-0.15, -0.1) is 0 Å². The fourth-order valence-corrected chi connectivity index (χ4v) is 6.29. The third-order valence-electron chi connectivity index (χ3n) is 9.32. The van der Waals surface area contributed by atoms with Gasteiger partial charge >= 0.3 is 7.12 Å². The van der Waals surface area contributed by atoms with Crippen LogP contribution in [0.5, 0.6) is 0 Å². The molecule has 0 saturated carbocycles. The highest BCUT2D eigenvalue weighted by Crippen LogP contribution is 2.50. The second kappa shape index (κ2) is 11.7. The topological polar surface area (TPSA) is 18.5 Å². The standard InChI is InChI=1S/C42H37BO2/c1-41(2)42(3,4)45-43(44-41)35-27-17-26-34(28-35)37-29-36(30-18-9-5-10-19-30)38(31-20-11-6-12-21-31)40(33-24-15-8-16-25-33)39(37)32-22-13-7-14-23-32/h5-29H,1-4H3. The second-order valence-corrected chi connectivity index (χ2v) is 12.8. The molecule has 1 fully saturated rings. The van der Waals surface area contributed by atoms with Crippen LogP contribution in [0.25, 0.3) is 55.6 Å². The molecule has 0 N–H and O–H groups in total. The molecule has 1 aliphatic rings. The SMILES string of the molecule is CC1(C)OB(c2cccc(-c3cc(-c4ccccc4)c(-c4ccccc4)c(-c4ccccc4)c3-c3ccccc3)c2)OC1(C)C. The van der Waals surface area contributed by atoms with E-state index < -0.39 is 18.3 Å². The molecule has 0 unspecified atom stereocenters. The van der Waals surface area contributed by atoms with Gasteiger partial charge in [0.05, 0.1) is 11.2 Å². The lowest BCUT2D eigenvalue weighted by atomic mass is 9.75. The van der Waals surface area contributed by atoms with E-state index in [0.717, 1.165) is 16.6 Å². The van der Waals surface area contributed by atoms with Crippen molar-refractivity contribution < 1.29 is 9.31 Å². The normalized spacial score (nSPS) is 15.2. The predicted molar refractivity (Wildman–Crippen MR) is 189 cm³/mol. The Kier molecular flexibility index (Phi) is 7.53. The summed E-state index contributed by atoms with van der Waals surface area (Å²) in [6, 6.07) is 54.2. The maximum absolute atomic E-state index is 6.50. The van der Waals surface area contributed by atoms with Gasteiger partial charge in [-0.3, -0.25) is 0 Å². The highest BCUT2D eigenvalue weighted by molar-refractivity contribution is 6.62. The zero-order valence-electron chi connectivity index (χ0n) is 26.3. The Hall–Kier alpha value is -4.70. The molecule has 1 aliphatic heterocycles. The summed E-state index contributed by atoms with van der Waals surface area (Å²) in [5.74, 6) is 0. The van der Waals surface area contributed by atoms with Crippen molar-refractivity contribution in [1.29, 1.82) is 0 Å². The Labute approximate surface area is 267 Å². The second-order valence-electron chi connectivity index (χ2n) is 12.8. The van der Waals surface area contributed by atoms with Gasteiger partial charge in [0.2, 0.25) is 0 Å². The van der Waals surface area contributed by atoms with Crippen molar-refractivity contribution >= 4 is 12.6 Å². The summed E-state index contributed by atoms with van der Waals surface area (Å²) in [6.07, 6.45) is 0. The van der Waals surface area contributed by atoms with Gasteiger partial charge in [0.15, 0.2) is 0 Å². The minimum atomic E-state index is -0.444. The van der Waals surface area contributed by atoms with Crippen LogP contribution in [0.1, 0.15) is 27.7 Å². The van der Waals surface area contributed by atoms with E-state index >= 15 is 0 Å². The summed E-state index contributed by atoms with van der Waals surface area (Å²) < 4.78 is 13.0. The van der Waals surface area contributed by atoms with Gasteiger partial charge < -0.3 is 9.31 Å². The molecule has 45 heavy (non-hydrogen) atoms. The molecular formula is C42H37BO2. The van der Waals surface area contributed by atoms with Gasteiger partial charge in [0.25, 0.3) is 0 Å². The van der Waals surface area contributed by atoms with Crippen molar-refractivity contribution in [3.63, 3.8) is 0 Å². The average Bonchev–Trinajstić information content (AvgIpc) is 3.31. The van der Waals surface area contributed by atoms with Crippen molar-refractivity contribution in [3.8, 4) is 55.6 Å². The van der Waals surface area contributed by atoms with Crippen LogP contribution in [0.15, 0.2) is 152 Å². The molecule has 2 nitrogen and oxygen atoms in total. The fraction of sp³-hybridized carbons (Fsp3) is 0.143. The molecule has 0 radical (unpaired) electrons. The molecule has 0 bridgehead atoms. The van der Waals surface area contributed by atoms with Crippen molar-refractivity contribution in [1.82, 2.24) is 0 Å². The molecule has 220 valence electrons. The van der Waals surface area contributed by atoms with Gasteiger partial charge in [0, 0.05) is 0 Å². The van der Waals surface area contributed by atoms with E-state index in [-0.39, 0.29) is 0 Å². The summed E-state index contributed by atoms with van der Waals surface area (Å²) in [5, 5.41) is 0. The molecule has 1 heterocycles. The molecule has 0 amide bonds. The van der Waals surface area contributed by atoms with E-state index in [1.807, 2.05) is 0 Å². The van der Waals surface area contributed by atoms with Gasteiger partial charge in [-0.05, 0) is 94.9 Å². The quantitative estimate of drug-likeness (QED) is 0.181. The third kappa shape index (κ3) is 5.44. The van der Waals surface area contributed by atoms with Gasteiger partial charge in [0.1, 0.15) is 0 Å². The minimum Gasteiger partial charge on any atom is -0.399 e. The number of hydrogen-bond acceptors (Lipinski definition) is 2. The molecular weight excluding hydrogens is 547 g/mol. The van der Waals surface area contributed by atoms with Crippen LogP contribution in [-0.2, 0) is 9.31 Å². The summed E-state index contributed by atoms with van der Waals surface area (Å²) in [4.78, 5) is 0. The first-order valence-corrected chi connectivity index (χ1v) is 15.7. The van der Waals surface area contributed by atoms with Crippen molar-refractivity contribution in [2.45, 2.75) is 38.9 Å². The summed E-state index contributed by atoms with van der Waals surface area (Å²) >= 11 is 0.